The minimum Gasteiger partial charge on any atom is -0.449 e. The van der Waals surface area contributed by atoms with Crippen molar-refractivity contribution < 1.29 is 19.2 Å². The van der Waals surface area contributed by atoms with Gasteiger partial charge in [0.1, 0.15) is 5.82 Å². The molecule has 1 amide bonds. The van der Waals surface area contributed by atoms with Gasteiger partial charge in [-0.25, -0.2) is 9.48 Å². The number of halogens is 1. The summed E-state index contributed by atoms with van der Waals surface area (Å²) >= 11 is 5.91. The number of nitrogens with one attached hydrogen (secondary N) is 1. The van der Waals surface area contributed by atoms with E-state index in [-0.39, 0.29) is 22.3 Å². The number of rotatable bonds is 7. The molecule has 0 radical (unpaired) electrons. The number of hydrogen-bond donors (Lipinski definition) is 1. The Bertz CT molecular complexity index is 867. The Morgan fingerprint density at radius 2 is 2.07 bits per heavy atom. The molecule has 0 unspecified atom stereocenters. The molecule has 1 heterocycles. The maximum Gasteiger partial charge on any atom is 0.340 e. The molecule has 0 spiro atoms. The predicted octanol–water partition coefficient (Wildman–Crippen LogP) is 3.60. The second-order valence-corrected chi connectivity index (χ2v) is 6.28. The first-order chi connectivity index (χ1) is 12.7. The average molecular weight is 395 g/mol. The molecule has 1 aromatic heterocycles. The Hall–Kier alpha value is -2.94. The third kappa shape index (κ3) is 4.82. The molecular weight excluding hydrogens is 376 g/mol. The predicted molar refractivity (Wildman–Crippen MR) is 98.8 cm³/mol. The van der Waals surface area contributed by atoms with E-state index < -0.39 is 22.9 Å². The monoisotopic (exact) mass is 394 g/mol. The molecule has 0 aliphatic carbocycles. The molecule has 0 fully saturated rings. The van der Waals surface area contributed by atoms with Crippen LogP contribution in [0.3, 0.4) is 0 Å². The van der Waals surface area contributed by atoms with Crippen LogP contribution in [-0.4, -0.2) is 32.7 Å². The fraction of sp³-hybridized carbons (Fsp3) is 0.353. The number of aromatic nitrogens is 2. The average Bonchev–Trinajstić information content (AvgIpc) is 3.09. The van der Waals surface area contributed by atoms with Crippen molar-refractivity contribution in [2.24, 2.45) is 0 Å². The number of ether oxygens (including phenoxy) is 1. The first kappa shape index (κ1) is 20.4. The lowest BCUT2D eigenvalue weighted by Crippen LogP contribution is -2.31. The number of nitro benzene ring substituents is 1. The van der Waals surface area contributed by atoms with E-state index in [0.717, 1.165) is 12.5 Å². The van der Waals surface area contributed by atoms with Crippen molar-refractivity contribution in [3.8, 4) is 0 Å². The number of non-ortho nitro benzene ring substituents is 1. The van der Waals surface area contributed by atoms with Gasteiger partial charge in [0, 0.05) is 18.2 Å². The van der Waals surface area contributed by atoms with Gasteiger partial charge in [-0.3, -0.25) is 14.9 Å². The van der Waals surface area contributed by atoms with Crippen LogP contribution in [0.2, 0.25) is 5.02 Å². The van der Waals surface area contributed by atoms with Crippen LogP contribution in [0.25, 0.3) is 0 Å². The van der Waals surface area contributed by atoms with Crippen molar-refractivity contribution in [2.75, 3.05) is 5.32 Å². The molecule has 2 rings (SSSR count). The van der Waals surface area contributed by atoms with E-state index in [1.54, 1.807) is 16.9 Å². The summed E-state index contributed by atoms with van der Waals surface area (Å²) in [5.74, 6) is -1.01. The van der Waals surface area contributed by atoms with Crippen LogP contribution in [0.15, 0.2) is 30.5 Å². The standard InChI is InChI=1S/C17H19ClN4O5/c1-4-10(2)21-15(7-8-19-21)20-16(23)11(3)27-17(24)13-9-12(22(25)26)5-6-14(13)18/h5-11H,4H2,1-3H3,(H,20,23)/t10-,11+/m0/s1. The van der Waals surface area contributed by atoms with Gasteiger partial charge in [0.05, 0.1) is 27.7 Å². The molecule has 1 aromatic carbocycles. The zero-order chi connectivity index (χ0) is 20.1. The lowest BCUT2D eigenvalue weighted by molar-refractivity contribution is -0.384. The zero-order valence-corrected chi connectivity index (χ0v) is 15.8. The van der Waals surface area contributed by atoms with Crippen LogP contribution in [0.5, 0.6) is 0 Å². The molecule has 9 nitrogen and oxygen atoms in total. The Morgan fingerprint density at radius 3 is 2.70 bits per heavy atom. The number of hydrogen-bond acceptors (Lipinski definition) is 6. The smallest absolute Gasteiger partial charge is 0.340 e. The number of carbonyl (C=O) groups is 2. The van der Waals surface area contributed by atoms with Crippen molar-refractivity contribution in [2.45, 2.75) is 39.3 Å². The summed E-state index contributed by atoms with van der Waals surface area (Å²) in [6.07, 6.45) is 1.23. The number of carbonyl (C=O) groups excluding carboxylic acids is 2. The molecule has 0 aliphatic heterocycles. The molecule has 0 aliphatic rings. The van der Waals surface area contributed by atoms with Gasteiger partial charge in [-0.2, -0.15) is 5.10 Å². The second-order valence-electron chi connectivity index (χ2n) is 5.88. The molecule has 27 heavy (non-hydrogen) atoms. The third-order valence-corrected chi connectivity index (χ3v) is 4.29. The number of esters is 1. The number of benzene rings is 1. The van der Waals surface area contributed by atoms with Crippen molar-refractivity contribution in [1.29, 1.82) is 0 Å². The number of nitrogens with zero attached hydrogens (tertiary/aromatic N) is 3. The topological polar surface area (TPSA) is 116 Å². The van der Waals surface area contributed by atoms with E-state index in [1.165, 1.54) is 19.1 Å². The lowest BCUT2D eigenvalue weighted by atomic mass is 10.2. The van der Waals surface area contributed by atoms with E-state index in [4.69, 9.17) is 16.3 Å². The summed E-state index contributed by atoms with van der Waals surface area (Å²) in [6.45, 7) is 5.34. The molecule has 1 N–H and O–H groups in total. The van der Waals surface area contributed by atoms with Gasteiger partial charge in [0.15, 0.2) is 6.10 Å². The molecule has 2 atom stereocenters. The number of amides is 1. The van der Waals surface area contributed by atoms with Crippen molar-refractivity contribution in [3.63, 3.8) is 0 Å². The van der Waals surface area contributed by atoms with E-state index in [0.29, 0.717) is 5.82 Å². The molecule has 144 valence electrons. The van der Waals surface area contributed by atoms with Crippen LogP contribution >= 0.6 is 11.6 Å². The summed E-state index contributed by atoms with van der Waals surface area (Å²) in [6, 6.07) is 5.12. The molecule has 0 saturated carbocycles. The highest BCUT2D eigenvalue weighted by molar-refractivity contribution is 6.33. The minimum absolute atomic E-state index is 0.00643. The zero-order valence-electron chi connectivity index (χ0n) is 15.0. The number of nitro groups is 1. The van der Waals surface area contributed by atoms with Gasteiger partial charge in [-0.15, -0.1) is 0 Å². The summed E-state index contributed by atoms with van der Waals surface area (Å²) in [4.78, 5) is 34.8. The van der Waals surface area contributed by atoms with Gasteiger partial charge in [0.2, 0.25) is 0 Å². The first-order valence-corrected chi connectivity index (χ1v) is 8.61. The summed E-state index contributed by atoms with van der Waals surface area (Å²) in [7, 11) is 0. The fourth-order valence-corrected chi connectivity index (χ4v) is 2.42. The van der Waals surface area contributed by atoms with Crippen LogP contribution in [-0.2, 0) is 9.53 Å². The minimum atomic E-state index is -1.15. The van der Waals surface area contributed by atoms with E-state index >= 15 is 0 Å². The normalized spacial score (nSPS) is 12.9. The highest BCUT2D eigenvalue weighted by Crippen LogP contribution is 2.23. The summed E-state index contributed by atoms with van der Waals surface area (Å²) in [5, 5.41) is 17.6. The fourth-order valence-electron chi connectivity index (χ4n) is 2.23. The Kier molecular flexibility index (Phi) is 6.51. The highest BCUT2D eigenvalue weighted by atomic mass is 35.5. The van der Waals surface area contributed by atoms with Crippen molar-refractivity contribution in [1.82, 2.24) is 9.78 Å². The Labute approximate surface area is 160 Å². The van der Waals surface area contributed by atoms with Crippen molar-refractivity contribution in [3.05, 3.63) is 51.2 Å². The van der Waals surface area contributed by atoms with E-state index in [1.807, 2.05) is 13.8 Å². The molecule has 0 bridgehead atoms. The molecule has 2 aromatic rings. The van der Waals surface area contributed by atoms with E-state index in [2.05, 4.69) is 10.4 Å². The second kappa shape index (κ2) is 8.63. The number of anilines is 1. The third-order valence-electron chi connectivity index (χ3n) is 3.96. The van der Waals surface area contributed by atoms with Gasteiger partial charge in [-0.1, -0.05) is 18.5 Å². The van der Waals surface area contributed by atoms with Crippen LogP contribution in [0.1, 0.15) is 43.6 Å². The van der Waals surface area contributed by atoms with Crippen LogP contribution in [0.4, 0.5) is 11.5 Å². The first-order valence-electron chi connectivity index (χ1n) is 8.23. The van der Waals surface area contributed by atoms with Gasteiger partial charge >= 0.3 is 5.97 Å². The van der Waals surface area contributed by atoms with Gasteiger partial charge < -0.3 is 10.1 Å². The van der Waals surface area contributed by atoms with E-state index in [9.17, 15) is 19.7 Å². The maximum absolute atomic E-state index is 12.3. The Balaban J connectivity index is 2.09. The van der Waals surface area contributed by atoms with Gasteiger partial charge in [-0.05, 0) is 26.3 Å². The van der Waals surface area contributed by atoms with Crippen LogP contribution in [0, 0.1) is 10.1 Å². The molecular formula is C17H19ClN4O5. The largest absolute Gasteiger partial charge is 0.449 e. The molecule has 0 saturated heterocycles. The van der Waals surface area contributed by atoms with Gasteiger partial charge in [0.25, 0.3) is 11.6 Å². The maximum atomic E-state index is 12.3. The van der Waals surface area contributed by atoms with Crippen molar-refractivity contribution >= 4 is 35.0 Å². The summed E-state index contributed by atoms with van der Waals surface area (Å²) in [5.41, 5.74) is -0.490. The lowest BCUT2D eigenvalue weighted by Gasteiger charge is -2.17. The van der Waals surface area contributed by atoms with Crippen LogP contribution < -0.4 is 5.32 Å². The highest BCUT2D eigenvalue weighted by Gasteiger charge is 2.23. The molecule has 10 heteroatoms. The summed E-state index contributed by atoms with van der Waals surface area (Å²) < 4.78 is 6.76. The Morgan fingerprint density at radius 1 is 1.37 bits per heavy atom. The quantitative estimate of drug-likeness (QED) is 0.435. The SMILES string of the molecule is CC[C@H](C)n1nccc1NC(=O)[C@@H](C)OC(=O)c1cc([N+](=O)[O-])ccc1Cl.